The van der Waals surface area contributed by atoms with E-state index in [0.717, 1.165) is 26.8 Å². The van der Waals surface area contributed by atoms with E-state index in [1.165, 1.54) is 0 Å². The fraction of sp³-hybridized carbons (Fsp3) is 0.167. The predicted molar refractivity (Wildman–Crippen MR) is 66.8 cm³/mol. The van der Waals surface area contributed by atoms with Gasteiger partial charge in [-0.1, -0.05) is 6.07 Å². The smallest absolute Gasteiger partial charge is 0.128 e. The van der Waals surface area contributed by atoms with E-state index in [0.29, 0.717) is 5.69 Å². The average Bonchev–Trinajstić information content (AvgIpc) is 2.13. The minimum atomic E-state index is 0.274. The van der Waals surface area contributed by atoms with Crippen LogP contribution in [-0.4, -0.2) is 5.11 Å². The number of nitrogens with two attached hydrogens (primary N) is 1. The van der Waals surface area contributed by atoms with Gasteiger partial charge in [0.25, 0.3) is 0 Å². The molecule has 0 fully saturated rings. The molecule has 2 nitrogen and oxygen atoms in total. The summed E-state index contributed by atoms with van der Waals surface area (Å²) >= 11 is 4.26. The van der Waals surface area contributed by atoms with Crippen molar-refractivity contribution in [2.75, 3.05) is 5.73 Å². The van der Waals surface area contributed by atoms with Crippen molar-refractivity contribution < 1.29 is 5.11 Å². The van der Waals surface area contributed by atoms with Crippen LogP contribution >= 0.6 is 12.6 Å². The van der Waals surface area contributed by atoms with Crippen LogP contribution in [0.15, 0.2) is 23.1 Å². The van der Waals surface area contributed by atoms with Crippen molar-refractivity contribution in [3.05, 3.63) is 29.3 Å². The summed E-state index contributed by atoms with van der Waals surface area (Å²) in [5.41, 5.74) is 8.37. The molecule has 0 radical (unpaired) electrons. The number of anilines is 1. The van der Waals surface area contributed by atoms with Crippen LogP contribution in [0.1, 0.15) is 11.1 Å². The molecule has 2 aromatic rings. The van der Waals surface area contributed by atoms with Crippen molar-refractivity contribution >= 4 is 29.1 Å². The second-order valence-corrected chi connectivity index (χ2v) is 4.32. The van der Waals surface area contributed by atoms with Gasteiger partial charge in [0, 0.05) is 16.0 Å². The highest BCUT2D eigenvalue weighted by Gasteiger charge is 2.09. The second kappa shape index (κ2) is 3.35. The lowest BCUT2D eigenvalue weighted by Crippen LogP contribution is -1.91. The number of aromatic hydroxyl groups is 1. The van der Waals surface area contributed by atoms with Gasteiger partial charge in [-0.3, -0.25) is 0 Å². The zero-order valence-corrected chi connectivity index (χ0v) is 9.60. The molecule has 0 aliphatic heterocycles. The molecular weight excluding hydrogens is 206 g/mol. The number of hydrogen-bond donors (Lipinski definition) is 3. The molecule has 0 aromatic heterocycles. The van der Waals surface area contributed by atoms with Crippen molar-refractivity contribution in [3.63, 3.8) is 0 Å². The number of fused-ring (bicyclic) bond motifs is 1. The molecule has 0 aliphatic carbocycles. The van der Waals surface area contributed by atoms with E-state index in [4.69, 9.17) is 5.73 Å². The number of hydrogen-bond acceptors (Lipinski definition) is 3. The maximum Gasteiger partial charge on any atom is 0.128 e. The topological polar surface area (TPSA) is 46.2 Å². The van der Waals surface area contributed by atoms with Crippen LogP contribution in [0.2, 0.25) is 0 Å². The highest BCUT2D eigenvalue weighted by atomic mass is 32.1. The number of phenolic OH excluding ortho intramolecular Hbond substituents is 1. The Morgan fingerprint density at radius 2 is 1.87 bits per heavy atom. The van der Waals surface area contributed by atoms with Crippen LogP contribution in [0.4, 0.5) is 5.69 Å². The molecule has 0 saturated carbocycles. The van der Waals surface area contributed by atoms with Gasteiger partial charge in [0.05, 0.1) is 0 Å². The second-order valence-electron chi connectivity index (χ2n) is 3.80. The Balaban J connectivity index is 2.99. The zero-order chi connectivity index (χ0) is 11.2. The Morgan fingerprint density at radius 3 is 2.53 bits per heavy atom. The Kier molecular flexibility index (Phi) is 2.27. The average molecular weight is 219 g/mol. The van der Waals surface area contributed by atoms with Crippen molar-refractivity contribution in [3.8, 4) is 5.75 Å². The molecule has 0 spiro atoms. The van der Waals surface area contributed by atoms with Crippen LogP contribution in [0.3, 0.4) is 0 Å². The highest BCUT2D eigenvalue weighted by Crippen LogP contribution is 2.36. The fourth-order valence-electron chi connectivity index (χ4n) is 1.77. The van der Waals surface area contributed by atoms with Gasteiger partial charge in [-0.15, -0.1) is 12.6 Å². The number of aryl methyl sites for hydroxylation is 1. The predicted octanol–water partition coefficient (Wildman–Crippen LogP) is 3.03. The molecule has 0 bridgehead atoms. The molecule has 0 aliphatic rings. The fourth-order valence-corrected chi connectivity index (χ4v) is 2.05. The molecule has 15 heavy (non-hydrogen) atoms. The van der Waals surface area contributed by atoms with E-state index in [-0.39, 0.29) is 5.75 Å². The Bertz CT molecular complexity index is 549. The lowest BCUT2D eigenvalue weighted by molar-refractivity contribution is 0.477. The molecule has 2 rings (SSSR count). The third-order valence-electron chi connectivity index (χ3n) is 2.74. The van der Waals surface area contributed by atoms with Crippen LogP contribution in [0.5, 0.6) is 5.75 Å². The molecule has 0 heterocycles. The first-order valence-electron chi connectivity index (χ1n) is 4.72. The number of nitrogen functional groups attached to an aromatic ring is 1. The summed E-state index contributed by atoms with van der Waals surface area (Å²) in [5, 5.41) is 11.7. The summed E-state index contributed by atoms with van der Waals surface area (Å²) in [6, 6.07) is 5.67. The molecule has 0 amide bonds. The molecule has 3 heteroatoms. The molecule has 2 aromatic carbocycles. The van der Waals surface area contributed by atoms with Crippen molar-refractivity contribution in [1.82, 2.24) is 0 Å². The quantitative estimate of drug-likeness (QED) is 0.471. The summed E-state index contributed by atoms with van der Waals surface area (Å²) < 4.78 is 0. The minimum absolute atomic E-state index is 0.274. The van der Waals surface area contributed by atoms with Crippen LogP contribution in [0.25, 0.3) is 10.8 Å². The maximum atomic E-state index is 10.0. The van der Waals surface area contributed by atoms with E-state index < -0.39 is 0 Å². The van der Waals surface area contributed by atoms with Gasteiger partial charge in [-0.05, 0) is 42.5 Å². The largest absolute Gasteiger partial charge is 0.507 e. The summed E-state index contributed by atoms with van der Waals surface area (Å²) in [6.45, 7) is 3.86. The monoisotopic (exact) mass is 219 g/mol. The van der Waals surface area contributed by atoms with Crippen molar-refractivity contribution in [2.45, 2.75) is 18.7 Å². The van der Waals surface area contributed by atoms with Gasteiger partial charge >= 0.3 is 0 Å². The minimum Gasteiger partial charge on any atom is -0.507 e. The van der Waals surface area contributed by atoms with Crippen LogP contribution < -0.4 is 5.73 Å². The van der Waals surface area contributed by atoms with Crippen LogP contribution in [-0.2, 0) is 0 Å². The third-order valence-corrected chi connectivity index (χ3v) is 3.00. The van der Waals surface area contributed by atoms with Crippen molar-refractivity contribution in [2.24, 2.45) is 0 Å². The van der Waals surface area contributed by atoms with Gasteiger partial charge in [0.15, 0.2) is 0 Å². The van der Waals surface area contributed by atoms with Gasteiger partial charge in [0.1, 0.15) is 5.75 Å². The Hall–Kier alpha value is -1.35. The summed E-state index contributed by atoms with van der Waals surface area (Å²) in [6.07, 6.45) is 0. The first-order chi connectivity index (χ1) is 7.00. The van der Waals surface area contributed by atoms with E-state index >= 15 is 0 Å². The van der Waals surface area contributed by atoms with Gasteiger partial charge < -0.3 is 10.8 Å². The Morgan fingerprint density at radius 1 is 1.20 bits per heavy atom. The number of thiol groups is 1. The number of benzene rings is 2. The van der Waals surface area contributed by atoms with E-state index in [9.17, 15) is 5.11 Å². The standard InChI is InChI=1S/C12H13NOS/c1-6-3-8-4-9(15)5-10(13)11(8)12(14)7(6)2/h3-5,14-15H,13H2,1-2H3. The highest BCUT2D eigenvalue weighted by molar-refractivity contribution is 7.80. The van der Waals surface area contributed by atoms with Crippen LogP contribution in [0, 0.1) is 13.8 Å². The maximum absolute atomic E-state index is 10.0. The lowest BCUT2D eigenvalue weighted by Gasteiger charge is -2.10. The number of rotatable bonds is 0. The van der Waals surface area contributed by atoms with Crippen molar-refractivity contribution in [1.29, 1.82) is 0 Å². The van der Waals surface area contributed by atoms with Gasteiger partial charge in [0.2, 0.25) is 0 Å². The molecular formula is C12H13NOS. The Labute approximate surface area is 94.1 Å². The SMILES string of the molecule is Cc1cc2cc(S)cc(N)c2c(O)c1C. The number of phenols is 1. The van der Waals surface area contributed by atoms with Gasteiger partial charge in [-0.2, -0.15) is 0 Å². The van der Waals surface area contributed by atoms with E-state index in [2.05, 4.69) is 12.6 Å². The summed E-state index contributed by atoms with van der Waals surface area (Å²) in [4.78, 5) is 0.808. The molecule has 3 N–H and O–H groups in total. The first kappa shape index (κ1) is 10.2. The summed E-state index contributed by atoms with van der Waals surface area (Å²) in [7, 11) is 0. The molecule has 0 atom stereocenters. The van der Waals surface area contributed by atoms with E-state index in [1.54, 1.807) is 6.07 Å². The molecule has 0 saturated heterocycles. The third kappa shape index (κ3) is 1.53. The summed E-state index contributed by atoms with van der Waals surface area (Å²) in [5.74, 6) is 0.274. The lowest BCUT2D eigenvalue weighted by atomic mass is 10.00. The van der Waals surface area contributed by atoms with E-state index in [1.807, 2.05) is 26.0 Å². The van der Waals surface area contributed by atoms with Gasteiger partial charge in [-0.25, -0.2) is 0 Å². The first-order valence-corrected chi connectivity index (χ1v) is 5.17. The molecule has 78 valence electrons. The normalized spacial score (nSPS) is 10.9. The zero-order valence-electron chi connectivity index (χ0n) is 8.70. The molecule has 0 unspecified atom stereocenters.